The van der Waals surface area contributed by atoms with Gasteiger partial charge in [0.1, 0.15) is 0 Å². The van der Waals surface area contributed by atoms with E-state index in [1.54, 1.807) is 31.2 Å². The van der Waals surface area contributed by atoms with Crippen molar-refractivity contribution in [3.05, 3.63) is 58.4 Å². The summed E-state index contributed by atoms with van der Waals surface area (Å²) < 4.78 is 24.0. The van der Waals surface area contributed by atoms with E-state index in [1.807, 2.05) is 12.3 Å². The van der Waals surface area contributed by atoms with E-state index in [9.17, 15) is 13.2 Å². The third-order valence-corrected chi connectivity index (χ3v) is 9.20. The molecule has 184 valence electrons. The second kappa shape index (κ2) is 9.31. The molecule has 1 atom stereocenters. The summed E-state index contributed by atoms with van der Waals surface area (Å²) in [6.45, 7) is 6.62. The Morgan fingerprint density at radius 1 is 1.17 bits per heavy atom. The molecule has 0 saturated heterocycles. The van der Waals surface area contributed by atoms with Crippen LogP contribution in [0.4, 0.5) is 11.1 Å². The number of nitrogens with zero attached hydrogens (tertiary/aromatic N) is 4. The van der Waals surface area contributed by atoms with Crippen LogP contribution in [0.25, 0.3) is 0 Å². The van der Waals surface area contributed by atoms with Crippen LogP contribution in [0.2, 0.25) is 0 Å². The van der Waals surface area contributed by atoms with E-state index in [-0.39, 0.29) is 29.0 Å². The van der Waals surface area contributed by atoms with Gasteiger partial charge in [0.2, 0.25) is 11.9 Å². The van der Waals surface area contributed by atoms with Gasteiger partial charge in [0.05, 0.1) is 40.2 Å². The predicted molar refractivity (Wildman–Crippen MR) is 136 cm³/mol. The zero-order valence-corrected chi connectivity index (χ0v) is 21.7. The molecule has 5 rings (SSSR count). The van der Waals surface area contributed by atoms with Crippen LogP contribution in [0.15, 0.2) is 41.4 Å². The SMILES string of the molecule is CCS(=O)(=O)c1ccc(CC(=O)Nc2nc3c(s2)CN(c2nccc(C4CC4)n2)[C@@H]3C(C)C)cc1. The van der Waals surface area contributed by atoms with Crippen molar-refractivity contribution >= 4 is 38.2 Å². The van der Waals surface area contributed by atoms with Crippen molar-refractivity contribution in [2.24, 2.45) is 5.92 Å². The van der Waals surface area contributed by atoms with Gasteiger partial charge in [0.15, 0.2) is 15.0 Å². The van der Waals surface area contributed by atoms with E-state index < -0.39 is 9.84 Å². The minimum absolute atomic E-state index is 0.0500. The number of aromatic nitrogens is 3. The van der Waals surface area contributed by atoms with Gasteiger partial charge in [-0.2, -0.15) is 0 Å². The molecular weight excluding hydrogens is 482 g/mol. The van der Waals surface area contributed by atoms with Gasteiger partial charge in [-0.25, -0.2) is 23.4 Å². The van der Waals surface area contributed by atoms with Gasteiger partial charge in [-0.05, 0) is 42.5 Å². The highest BCUT2D eigenvalue weighted by Gasteiger charge is 2.38. The smallest absolute Gasteiger partial charge is 0.230 e. The lowest BCUT2D eigenvalue weighted by Crippen LogP contribution is -2.28. The Bertz CT molecular complexity index is 1350. The van der Waals surface area contributed by atoms with Gasteiger partial charge in [-0.15, -0.1) is 0 Å². The van der Waals surface area contributed by atoms with Crippen LogP contribution in [0.1, 0.15) is 67.4 Å². The molecule has 1 aliphatic heterocycles. The normalized spacial score (nSPS) is 17.6. The van der Waals surface area contributed by atoms with E-state index in [1.165, 1.54) is 24.2 Å². The molecule has 1 amide bonds. The van der Waals surface area contributed by atoms with Crippen LogP contribution >= 0.6 is 11.3 Å². The van der Waals surface area contributed by atoms with Gasteiger partial charge in [0, 0.05) is 17.8 Å². The van der Waals surface area contributed by atoms with Gasteiger partial charge in [-0.3, -0.25) is 4.79 Å². The lowest BCUT2D eigenvalue weighted by Gasteiger charge is -2.27. The fraction of sp³-hybridized carbons (Fsp3) is 0.440. The number of carbonyl (C=O) groups is 1. The van der Waals surface area contributed by atoms with E-state index in [2.05, 4.69) is 29.0 Å². The average Bonchev–Trinajstić information content (AvgIpc) is 3.52. The molecule has 1 N–H and O–H groups in total. The number of fused-ring (bicyclic) bond motifs is 1. The summed E-state index contributed by atoms with van der Waals surface area (Å²) in [4.78, 5) is 30.5. The zero-order valence-electron chi connectivity index (χ0n) is 20.1. The number of sulfone groups is 1. The van der Waals surface area contributed by atoms with Crippen molar-refractivity contribution in [3.8, 4) is 0 Å². The first kappa shape index (κ1) is 23.9. The van der Waals surface area contributed by atoms with Crippen LogP contribution < -0.4 is 10.2 Å². The van der Waals surface area contributed by atoms with Crippen LogP contribution in [-0.2, 0) is 27.6 Å². The van der Waals surface area contributed by atoms with E-state index in [0.717, 1.165) is 27.8 Å². The third kappa shape index (κ3) is 4.95. The van der Waals surface area contributed by atoms with E-state index >= 15 is 0 Å². The van der Waals surface area contributed by atoms with Gasteiger partial charge >= 0.3 is 0 Å². The Balaban J connectivity index is 1.28. The number of nitrogens with one attached hydrogen (secondary N) is 1. The van der Waals surface area contributed by atoms with Crippen LogP contribution in [-0.4, -0.2) is 35.0 Å². The summed E-state index contributed by atoms with van der Waals surface area (Å²) >= 11 is 1.49. The molecule has 2 aliphatic rings. The number of rotatable bonds is 8. The molecule has 0 unspecified atom stereocenters. The van der Waals surface area contributed by atoms with Gasteiger partial charge < -0.3 is 10.2 Å². The Morgan fingerprint density at radius 2 is 1.91 bits per heavy atom. The number of hydrogen-bond acceptors (Lipinski definition) is 8. The van der Waals surface area contributed by atoms with Crippen molar-refractivity contribution in [2.75, 3.05) is 16.0 Å². The molecule has 0 bridgehead atoms. The molecular formula is C25H29N5O3S2. The van der Waals surface area contributed by atoms with Gasteiger partial charge in [-0.1, -0.05) is 44.2 Å². The highest BCUT2D eigenvalue weighted by atomic mass is 32.2. The summed E-state index contributed by atoms with van der Waals surface area (Å²) in [6, 6.07) is 8.55. The molecule has 0 spiro atoms. The average molecular weight is 512 g/mol. The maximum atomic E-state index is 12.7. The number of anilines is 2. The third-order valence-electron chi connectivity index (χ3n) is 6.48. The minimum Gasteiger partial charge on any atom is -0.327 e. The molecule has 0 radical (unpaired) electrons. The largest absolute Gasteiger partial charge is 0.327 e. The minimum atomic E-state index is -3.25. The van der Waals surface area contributed by atoms with Crippen molar-refractivity contribution in [2.45, 2.75) is 63.4 Å². The predicted octanol–water partition coefficient (Wildman–Crippen LogP) is 4.50. The summed E-state index contributed by atoms with van der Waals surface area (Å²) in [5, 5.41) is 3.51. The zero-order chi connectivity index (χ0) is 24.7. The molecule has 10 heteroatoms. The molecule has 1 aliphatic carbocycles. The van der Waals surface area contributed by atoms with E-state index in [0.29, 0.717) is 23.5 Å². The highest BCUT2D eigenvalue weighted by Crippen LogP contribution is 2.45. The number of hydrogen-bond donors (Lipinski definition) is 1. The Labute approximate surface area is 209 Å². The van der Waals surface area contributed by atoms with Crippen LogP contribution in [0, 0.1) is 5.92 Å². The quantitative estimate of drug-likeness (QED) is 0.475. The van der Waals surface area contributed by atoms with Crippen LogP contribution in [0.3, 0.4) is 0 Å². The Hall–Kier alpha value is -2.85. The number of thiazole rings is 1. The van der Waals surface area contributed by atoms with Crippen LogP contribution in [0.5, 0.6) is 0 Å². The summed E-state index contributed by atoms with van der Waals surface area (Å²) in [5.74, 6) is 1.49. The first-order chi connectivity index (χ1) is 16.7. The fourth-order valence-corrected chi connectivity index (χ4v) is 6.37. The topological polar surface area (TPSA) is 105 Å². The number of carbonyl (C=O) groups excluding carboxylic acids is 1. The first-order valence-corrected chi connectivity index (χ1v) is 14.4. The maximum absolute atomic E-state index is 12.7. The van der Waals surface area contributed by atoms with Crippen molar-refractivity contribution in [1.29, 1.82) is 0 Å². The van der Waals surface area contributed by atoms with E-state index in [4.69, 9.17) is 9.97 Å². The molecule has 1 saturated carbocycles. The lowest BCUT2D eigenvalue weighted by molar-refractivity contribution is -0.115. The van der Waals surface area contributed by atoms with Crippen molar-refractivity contribution in [3.63, 3.8) is 0 Å². The standard InChI is InChI=1S/C25H29N5O3S2/c1-4-35(32,33)18-9-5-16(6-10-18)13-21(31)28-25-29-22-20(34-25)14-30(23(22)15(2)3)24-26-12-11-19(27-24)17-7-8-17/h5-6,9-12,15,17,23H,4,7-8,13-14H2,1-3H3,(H,28,29,31)/t23-/m1/s1. The molecule has 1 fully saturated rings. The molecule has 35 heavy (non-hydrogen) atoms. The van der Waals surface area contributed by atoms with Crippen molar-refractivity contribution in [1.82, 2.24) is 15.0 Å². The summed E-state index contributed by atoms with van der Waals surface area (Å²) in [7, 11) is -3.25. The highest BCUT2D eigenvalue weighted by molar-refractivity contribution is 7.91. The molecule has 8 nitrogen and oxygen atoms in total. The number of amides is 1. The van der Waals surface area contributed by atoms with Crippen molar-refractivity contribution < 1.29 is 13.2 Å². The molecule has 1 aromatic carbocycles. The summed E-state index contributed by atoms with van der Waals surface area (Å²) in [5.41, 5.74) is 2.85. The number of benzene rings is 1. The monoisotopic (exact) mass is 511 g/mol. The Morgan fingerprint density at radius 3 is 2.57 bits per heavy atom. The molecule has 2 aromatic heterocycles. The molecule has 3 heterocycles. The maximum Gasteiger partial charge on any atom is 0.230 e. The Kier molecular flexibility index (Phi) is 6.35. The summed E-state index contributed by atoms with van der Waals surface area (Å²) in [6.07, 6.45) is 4.40. The molecule has 3 aromatic rings. The fourth-order valence-electron chi connectivity index (χ4n) is 4.47. The second-order valence-corrected chi connectivity index (χ2v) is 12.8. The van der Waals surface area contributed by atoms with Gasteiger partial charge in [0.25, 0.3) is 0 Å². The first-order valence-electron chi connectivity index (χ1n) is 12.0. The lowest BCUT2D eigenvalue weighted by atomic mass is 10.0. The second-order valence-electron chi connectivity index (χ2n) is 9.47.